The first-order valence-corrected chi connectivity index (χ1v) is 10.1. The smallest absolute Gasteiger partial charge is 0.160 e. The molecule has 0 spiro atoms. The maximum absolute atomic E-state index is 5.56. The standard InChI is InChI=1S/C23H30N2O2/c1-15-13-24-11-10-17(15)14-25-23-19-7-5-4-6-18(19)22(23)16-8-9-20(26-2)21(12-16)27-3/h8-13,18-19,22-23,25H,4-7,14H2,1-3H3/t18-,19-,22+,23+/m1/s1. The van der Waals surface area contributed by atoms with E-state index in [2.05, 4.69) is 35.4 Å². The predicted molar refractivity (Wildman–Crippen MR) is 107 cm³/mol. The van der Waals surface area contributed by atoms with Crippen molar-refractivity contribution in [3.8, 4) is 11.5 Å². The molecule has 2 aliphatic rings. The fourth-order valence-corrected chi connectivity index (χ4v) is 5.19. The first-order valence-electron chi connectivity index (χ1n) is 10.1. The number of methoxy groups -OCH3 is 2. The molecule has 2 aromatic rings. The molecule has 0 radical (unpaired) electrons. The van der Waals surface area contributed by atoms with Crippen LogP contribution < -0.4 is 14.8 Å². The molecule has 2 saturated carbocycles. The number of pyridine rings is 1. The van der Waals surface area contributed by atoms with Crippen molar-refractivity contribution in [1.29, 1.82) is 0 Å². The van der Waals surface area contributed by atoms with E-state index >= 15 is 0 Å². The average molecular weight is 367 g/mol. The number of ether oxygens (including phenoxy) is 2. The molecule has 27 heavy (non-hydrogen) atoms. The van der Waals surface area contributed by atoms with E-state index in [0.717, 1.165) is 29.9 Å². The second kappa shape index (κ2) is 7.89. The van der Waals surface area contributed by atoms with Crippen molar-refractivity contribution in [2.24, 2.45) is 11.8 Å². The maximum Gasteiger partial charge on any atom is 0.160 e. The first-order chi connectivity index (χ1) is 13.2. The number of aryl methyl sites for hydroxylation is 1. The Hall–Kier alpha value is -2.07. The molecule has 1 aromatic carbocycles. The normalized spacial score (nSPS) is 26.8. The molecule has 1 aromatic heterocycles. The molecule has 4 nitrogen and oxygen atoms in total. The van der Waals surface area contributed by atoms with E-state index in [1.165, 1.54) is 42.4 Å². The Bertz CT molecular complexity index is 792. The molecule has 0 unspecified atom stereocenters. The number of aromatic nitrogens is 1. The highest BCUT2D eigenvalue weighted by molar-refractivity contribution is 5.45. The molecule has 1 heterocycles. The lowest BCUT2D eigenvalue weighted by molar-refractivity contribution is 0.0252. The van der Waals surface area contributed by atoms with Gasteiger partial charge in [0.2, 0.25) is 0 Å². The molecule has 2 fully saturated rings. The lowest BCUT2D eigenvalue weighted by Crippen LogP contribution is -2.57. The van der Waals surface area contributed by atoms with E-state index in [-0.39, 0.29) is 0 Å². The monoisotopic (exact) mass is 366 g/mol. The molecular weight excluding hydrogens is 336 g/mol. The minimum atomic E-state index is 0.529. The molecule has 144 valence electrons. The molecule has 2 aliphatic carbocycles. The summed E-state index contributed by atoms with van der Waals surface area (Å²) in [4.78, 5) is 4.22. The average Bonchev–Trinajstić information content (AvgIpc) is 2.70. The highest BCUT2D eigenvalue weighted by atomic mass is 16.5. The van der Waals surface area contributed by atoms with E-state index in [4.69, 9.17) is 9.47 Å². The van der Waals surface area contributed by atoms with Gasteiger partial charge >= 0.3 is 0 Å². The molecule has 0 saturated heterocycles. The molecule has 4 rings (SSSR count). The van der Waals surface area contributed by atoms with Crippen LogP contribution in [0.3, 0.4) is 0 Å². The van der Waals surface area contributed by atoms with Crippen molar-refractivity contribution in [3.05, 3.63) is 53.3 Å². The van der Waals surface area contributed by atoms with Crippen LogP contribution in [0.15, 0.2) is 36.7 Å². The van der Waals surface area contributed by atoms with Gasteiger partial charge in [0.05, 0.1) is 14.2 Å². The van der Waals surface area contributed by atoms with Crippen molar-refractivity contribution >= 4 is 0 Å². The summed E-state index contributed by atoms with van der Waals surface area (Å²) in [6.45, 7) is 3.05. The van der Waals surface area contributed by atoms with Crippen molar-refractivity contribution < 1.29 is 9.47 Å². The van der Waals surface area contributed by atoms with E-state index in [9.17, 15) is 0 Å². The molecule has 4 heteroatoms. The van der Waals surface area contributed by atoms with Crippen LogP contribution in [-0.4, -0.2) is 25.2 Å². The number of hydrogen-bond acceptors (Lipinski definition) is 4. The molecule has 4 atom stereocenters. The van der Waals surface area contributed by atoms with E-state index in [0.29, 0.717) is 12.0 Å². The molecule has 0 amide bonds. The van der Waals surface area contributed by atoms with Gasteiger partial charge in [0, 0.05) is 30.9 Å². The van der Waals surface area contributed by atoms with Gasteiger partial charge in [0.15, 0.2) is 11.5 Å². The third-order valence-corrected chi connectivity index (χ3v) is 6.64. The Labute approximate surface area is 162 Å². The maximum atomic E-state index is 5.56. The Kier molecular flexibility index (Phi) is 5.35. The van der Waals surface area contributed by atoms with Gasteiger partial charge in [0.1, 0.15) is 0 Å². The van der Waals surface area contributed by atoms with E-state index in [1.807, 2.05) is 18.5 Å². The van der Waals surface area contributed by atoms with E-state index < -0.39 is 0 Å². The number of fused-ring (bicyclic) bond motifs is 1. The fourth-order valence-electron chi connectivity index (χ4n) is 5.19. The molecule has 1 N–H and O–H groups in total. The van der Waals surface area contributed by atoms with Crippen molar-refractivity contribution in [1.82, 2.24) is 10.3 Å². The number of benzene rings is 1. The van der Waals surface area contributed by atoms with Gasteiger partial charge in [-0.25, -0.2) is 0 Å². The summed E-state index contributed by atoms with van der Waals surface area (Å²) in [7, 11) is 3.41. The van der Waals surface area contributed by atoms with Crippen LogP contribution in [-0.2, 0) is 6.54 Å². The summed E-state index contributed by atoms with van der Waals surface area (Å²) in [5, 5.41) is 3.89. The van der Waals surface area contributed by atoms with Gasteiger partial charge in [-0.05, 0) is 66.5 Å². The predicted octanol–water partition coefficient (Wildman–Crippen LogP) is 4.47. The number of nitrogens with zero attached hydrogens (tertiary/aromatic N) is 1. The van der Waals surface area contributed by atoms with E-state index in [1.54, 1.807) is 14.2 Å². The summed E-state index contributed by atoms with van der Waals surface area (Å²) in [6, 6.07) is 9.12. The topological polar surface area (TPSA) is 43.4 Å². The third-order valence-electron chi connectivity index (χ3n) is 6.64. The summed E-state index contributed by atoms with van der Waals surface area (Å²) in [5.41, 5.74) is 3.97. The van der Waals surface area contributed by atoms with Crippen LogP contribution in [0.1, 0.15) is 48.3 Å². The highest BCUT2D eigenvalue weighted by Crippen LogP contribution is 2.55. The van der Waals surface area contributed by atoms with Crippen molar-refractivity contribution in [2.45, 2.75) is 51.1 Å². The van der Waals surface area contributed by atoms with Gasteiger partial charge < -0.3 is 14.8 Å². The summed E-state index contributed by atoms with van der Waals surface area (Å²) in [6.07, 6.45) is 9.26. The van der Waals surface area contributed by atoms with Crippen LogP contribution in [0, 0.1) is 18.8 Å². The van der Waals surface area contributed by atoms with Crippen molar-refractivity contribution in [2.75, 3.05) is 14.2 Å². The minimum Gasteiger partial charge on any atom is -0.493 e. The van der Waals surface area contributed by atoms with Crippen LogP contribution in [0.25, 0.3) is 0 Å². The van der Waals surface area contributed by atoms with Crippen molar-refractivity contribution in [3.63, 3.8) is 0 Å². The Morgan fingerprint density at radius 3 is 2.56 bits per heavy atom. The van der Waals surface area contributed by atoms with Gasteiger partial charge in [-0.2, -0.15) is 0 Å². The Morgan fingerprint density at radius 1 is 1.04 bits per heavy atom. The fraction of sp³-hybridized carbons (Fsp3) is 0.522. The summed E-state index contributed by atoms with van der Waals surface area (Å²) < 4.78 is 11.0. The number of rotatable bonds is 6. The highest BCUT2D eigenvalue weighted by Gasteiger charge is 2.51. The quantitative estimate of drug-likeness (QED) is 0.819. The van der Waals surface area contributed by atoms with Gasteiger partial charge in [0.25, 0.3) is 0 Å². The third kappa shape index (κ3) is 3.43. The largest absolute Gasteiger partial charge is 0.493 e. The number of nitrogens with one attached hydrogen (secondary N) is 1. The molecule has 0 bridgehead atoms. The minimum absolute atomic E-state index is 0.529. The van der Waals surface area contributed by atoms with Gasteiger partial charge in [-0.15, -0.1) is 0 Å². The van der Waals surface area contributed by atoms with Gasteiger partial charge in [-0.1, -0.05) is 18.9 Å². The first kappa shape index (κ1) is 18.3. The SMILES string of the molecule is COc1ccc([C@H]2[C@@H]3CCCC[C@H]3[C@@H]2NCc2ccncc2C)cc1OC. The second-order valence-electron chi connectivity index (χ2n) is 7.96. The summed E-state index contributed by atoms with van der Waals surface area (Å²) in [5.74, 6) is 3.76. The number of hydrogen-bond donors (Lipinski definition) is 1. The Balaban J connectivity index is 1.56. The lowest BCUT2D eigenvalue weighted by Gasteiger charge is -2.55. The summed E-state index contributed by atoms with van der Waals surface area (Å²) >= 11 is 0. The molecular formula is C23H30N2O2. The zero-order valence-electron chi connectivity index (χ0n) is 16.6. The zero-order valence-corrected chi connectivity index (χ0v) is 16.6. The Morgan fingerprint density at radius 2 is 1.81 bits per heavy atom. The van der Waals surface area contributed by atoms with Gasteiger partial charge in [-0.3, -0.25) is 4.98 Å². The second-order valence-corrected chi connectivity index (χ2v) is 7.96. The van der Waals surface area contributed by atoms with Crippen LogP contribution >= 0.6 is 0 Å². The van der Waals surface area contributed by atoms with Crippen LogP contribution in [0.5, 0.6) is 11.5 Å². The van der Waals surface area contributed by atoms with Crippen LogP contribution in [0.2, 0.25) is 0 Å². The van der Waals surface area contributed by atoms with Crippen LogP contribution in [0.4, 0.5) is 0 Å². The zero-order chi connectivity index (χ0) is 18.8. The molecule has 0 aliphatic heterocycles. The lowest BCUT2D eigenvalue weighted by atomic mass is 9.53.